The van der Waals surface area contributed by atoms with Crippen LogP contribution in [0, 0.1) is 6.92 Å². The monoisotopic (exact) mass is 291 g/mol. The van der Waals surface area contributed by atoms with Crippen LogP contribution in [0.5, 0.6) is 11.5 Å². The third-order valence-corrected chi connectivity index (χ3v) is 2.94. The SMILES string of the molecule is CCOc1cc(CNCCc2nc(C)no2)ccc1OC. The molecule has 0 spiro atoms. The summed E-state index contributed by atoms with van der Waals surface area (Å²) in [5.74, 6) is 2.85. The molecule has 0 aliphatic rings. The van der Waals surface area contributed by atoms with Gasteiger partial charge >= 0.3 is 0 Å². The summed E-state index contributed by atoms with van der Waals surface area (Å²) in [6.45, 7) is 5.91. The fraction of sp³-hybridized carbons (Fsp3) is 0.467. The zero-order valence-corrected chi connectivity index (χ0v) is 12.7. The third-order valence-electron chi connectivity index (χ3n) is 2.94. The van der Waals surface area contributed by atoms with Crippen LogP contribution < -0.4 is 14.8 Å². The molecule has 1 N–H and O–H groups in total. The molecule has 0 unspecified atom stereocenters. The fourth-order valence-electron chi connectivity index (χ4n) is 1.97. The number of nitrogens with zero attached hydrogens (tertiary/aromatic N) is 2. The van der Waals surface area contributed by atoms with Crippen molar-refractivity contribution in [2.24, 2.45) is 0 Å². The number of nitrogens with one attached hydrogen (secondary N) is 1. The molecule has 0 atom stereocenters. The highest BCUT2D eigenvalue weighted by Gasteiger charge is 2.06. The predicted molar refractivity (Wildman–Crippen MR) is 78.6 cm³/mol. The van der Waals surface area contributed by atoms with E-state index in [0.29, 0.717) is 18.3 Å². The van der Waals surface area contributed by atoms with Crippen LogP contribution in [0.4, 0.5) is 0 Å². The molecule has 6 nitrogen and oxygen atoms in total. The van der Waals surface area contributed by atoms with Gasteiger partial charge in [-0.25, -0.2) is 0 Å². The van der Waals surface area contributed by atoms with Crippen LogP contribution >= 0.6 is 0 Å². The maximum Gasteiger partial charge on any atom is 0.227 e. The van der Waals surface area contributed by atoms with E-state index >= 15 is 0 Å². The van der Waals surface area contributed by atoms with Crippen molar-refractivity contribution in [3.8, 4) is 11.5 Å². The average Bonchev–Trinajstić information content (AvgIpc) is 2.90. The van der Waals surface area contributed by atoms with Crippen molar-refractivity contribution in [1.29, 1.82) is 0 Å². The van der Waals surface area contributed by atoms with Gasteiger partial charge in [0.1, 0.15) is 0 Å². The van der Waals surface area contributed by atoms with E-state index in [1.807, 2.05) is 32.0 Å². The molecule has 0 saturated heterocycles. The van der Waals surface area contributed by atoms with E-state index in [9.17, 15) is 0 Å². The summed E-state index contributed by atoms with van der Waals surface area (Å²) in [5, 5.41) is 7.10. The zero-order valence-electron chi connectivity index (χ0n) is 12.7. The lowest BCUT2D eigenvalue weighted by molar-refractivity contribution is 0.310. The van der Waals surface area contributed by atoms with Crippen molar-refractivity contribution in [2.45, 2.75) is 26.8 Å². The molecule has 2 rings (SSSR count). The van der Waals surface area contributed by atoms with Gasteiger partial charge in [-0.15, -0.1) is 0 Å². The first kappa shape index (κ1) is 15.3. The molecule has 1 aromatic carbocycles. The molecule has 0 fully saturated rings. The van der Waals surface area contributed by atoms with E-state index in [1.165, 1.54) is 0 Å². The number of ether oxygens (including phenoxy) is 2. The molecular formula is C15H21N3O3. The number of hydrogen-bond donors (Lipinski definition) is 1. The maximum atomic E-state index is 5.56. The van der Waals surface area contributed by atoms with E-state index in [2.05, 4.69) is 15.5 Å². The summed E-state index contributed by atoms with van der Waals surface area (Å²) in [7, 11) is 1.64. The minimum Gasteiger partial charge on any atom is -0.493 e. The van der Waals surface area contributed by atoms with Crippen molar-refractivity contribution in [2.75, 3.05) is 20.3 Å². The molecule has 6 heteroatoms. The lowest BCUT2D eigenvalue weighted by atomic mass is 10.2. The summed E-state index contributed by atoms with van der Waals surface area (Å²) in [4.78, 5) is 4.16. The van der Waals surface area contributed by atoms with Crippen molar-refractivity contribution < 1.29 is 14.0 Å². The number of aromatic nitrogens is 2. The first-order valence-corrected chi connectivity index (χ1v) is 7.02. The van der Waals surface area contributed by atoms with Crippen molar-refractivity contribution in [1.82, 2.24) is 15.5 Å². The van der Waals surface area contributed by atoms with Gasteiger partial charge in [0.2, 0.25) is 5.89 Å². The number of hydrogen-bond acceptors (Lipinski definition) is 6. The Bertz CT molecular complexity index is 569. The largest absolute Gasteiger partial charge is 0.493 e. The standard InChI is InChI=1S/C15H21N3O3/c1-4-20-14-9-12(5-6-13(14)19-3)10-16-8-7-15-17-11(2)18-21-15/h5-6,9,16H,4,7-8,10H2,1-3H3. The minimum absolute atomic E-state index is 0.615. The first-order chi connectivity index (χ1) is 10.2. The quantitative estimate of drug-likeness (QED) is 0.751. The van der Waals surface area contributed by atoms with E-state index < -0.39 is 0 Å². The summed E-state index contributed by atoms with van der Waals surface area (Å²) < 4.78 is 15.9. The second kappa shape index (κ2) is 7.64. The molecule has 0 bridgehead atoms. The highest BCUT2D eigenvalue weighted by Crippen LogP contribution is 2.27. The van der Waals surface area contributed by atoms with Gasteiger partial charge in [-0.05, 0) is 31.5 Å². The Morgan fingerprint density at radius 3 is 2.81 bits per heavy atom. The first-order valence-electron chi connectivity index (χ1n) is 7.02. The highest BCUT2D eigenvalue weighted by atomic mass is 16.5. The maximum absolute atomic E-state index is 5.56. The molecule has 1 aromatic heterocycles. The predicted octanol–water partition coefficient (Wildman–Crippen LogP) is 2.12. The second-order valence-electron chi connectivity index (χ2n) is 4.58. The number of benzene rings is 1. The molecular weight excluding hydrogens is 270 g/mol. The number of methoxy groups -OCH3 is 1. The van der Waals surface area contributed by atoms with Crippen LogP contribution in [0.25, 0.3) is 0 Å². The van der Waals surface area contributed by atoms with E-state index in [1.54, 1.807) is 7.11 Å². The van der Waals surface area contributed by atoms with Gasteiger partial charge in [0.05, 0.1) is 13.7 Å². The Labute approximate surface area is 124 Å². The summed E-state index contributed by atoms with van der Waals surface area (Å²) in [5.41, 5.74) is 1.14. The molecule has 0 aliphatic carbocycles. The van der Waals surface area contributed by atoms with E-state index in [-0.39, 0.29) is 0 Å². The van der Waals surface area contributed by atoms with Gasteiger partial charge in [0, 0.05) is 19.5 Å². The lowest BCUT2D eigenvalue weighted by Gasteiger charge is -2.11. The molecule has 2 aromatic rings. The van der Waals surface area contributed by atoms with Crippen LogP contribution in [-0.2, 0) is 13.0 Å². The Kier molecular flexibility index (Phi) is 5.57. The fourth-order valence-corrected chi connectivity index (χ4v) is 1.97. The van der Waals surface area contributed by atoms with Crippen LogP contribution in [0.3, 0.4) is 0 Å². The van der Waals surface area contributed by atoms with Crippen LogP contribution in [0.15, 0.2) is 22.7 Å². The Morgan fingerprint density at radius 2 is 2.14 bits per heavy atom. The normalized spacial score (nSPS) is 10.6. The van der Waals surface area contributed by atoms with Gasteiger partial charge < -0.3 is 19.3 Å². The average molecular weight is 291 g/mol. The lowest BCUT2D eigenvalue weighted by Crippen LogP contribution is -2.17. The van der Waals surface area contributed by atoms with Crippen molar-refractivity contribution >= 4 is 0 Å². The van der Waals surface area contributed by atoms with Gasteiger partial charge in [-0.3, -0.25) is 0 Å². The summed E-state index contributed by atoms with van der Waals surface area (Å²) in [6, 6.07) is 5.93. The number of rotatable bonds is 8. The van der Waals surface area contributed by atoms with Gasteiger partial charge in [-0.1, -0.05) is 11.2 Å². The molecule has 114 valence electrons. The Hall–Kier alpha value is -2.08. The molecule has 1 heterocycles. The molecule has 21 heavy (non-hydrogen) atoms. The molecule has 0 saturated carbocycles. The Morgan fingerprint density at radius 1 is 1.29 bits per heavy atom. The second-order valence-corrected chi connectivity index (χ2v) is 4.58. The molecule has 0 amide bonds. The van der Waals surface area contributed by atoms with Crippen molar-refractivity contribution in [3.63, 3.8) is 0 Å². The third kappa shape index (κ3) is 4.46. The van der Waals surface area contributed by atoms with E-state index in [4.69, 9.17) is 14.0 Å². The molecule has 0 aliphatic heterocycles. The highest BCUT2D eigenvalue weighted by molar-refractivity contribution is 5.42. The number of aryl methyl sites for hydroxylation is 1. The van der Waals surface area contributed by atoms with Gasteiger partial charge in [0.15, 0.2) is 17.3 Å². The summed E-state index contributed by atoms with van der Waals surface area (Å²) >= 11 is 0. The summed E-state index contributed by atoms with van der Waals surface area (Å²) in [6.07, 6.45) is 0.718. The van der Waals surface area contributed by atoms with Crippen LogP contribution in [0.1, 0.15) is 24.2 Å². The zero-order chi connectivity index (χ0) is 15.1. The Balaban J connectivity index is 1.83. The van der Waals surface area contributed by atoms with E-state index in [0.717, 1.165) is 36.6 Å². The topological polar surface area (TPSA) is 69.4 Å². The smallest absolute Gasteiger partial charge is 0.227 e. The van der Waals surface area contributed by atoms with Crippen LogP contribution in [0.2, 0.25) is 0 Å². The molecule has 0 radical (unpaired) electrons. The van der Waals surface area contributed by atoms with Gasteiger partial charge in [0.25, 0.3) is 0 Å². The minimum atomic E-state index is 0.615. The van der Waals surface area contributed by atoms with Gasteiger partial charge in [-0.2, -0.15) is 4.98 Å². The van der Waals surface area contributed by atoms with Crippen molar-refractivity contribution in [3.05, 3.63) is 35.5 Å². The van der Waals surface area contributed by atoms with Crippen LogP contribution in [-0.4, -0.2) is 30.4 Å².